The summed E-state index contributed by atoms with van der Waals surface area (Å²) in [5, 5.41) is 13.8. The fourth-order valence-electron chi connectivity index (χ4n) is 5.29. The highest BCUT2D eigenvalue weighted by Gasteiger charge is 2.58. The van der Waals surface area contributed by atoms with Gasteiger partial charge in [-0.3, -0.25) is 14.4 Å². The highest BCUT2D eigenvalue weighted by molar-refractivity contribution is 5.87. The second kappa shape index (κ2) is 13.8. The molecule has 0 unspecified atom stereocenters. The molecule has 218 valence electrons. The molecule has 0 radical (unpaired) electrons. The fourth-order valence-corrected chi connectivity index (χ4v) is 5.29. The van der Waals surface area contributed by atoms with Gasteiger partial charge in [-0.2, -0.15) is 0 Å². The van der Waals surface area contributed by atoms with Crippen LogP contribution in [-0.4, -0.2) is 77.6 Å². The Hall–Kier alpha value is -2.33. The zero-order valence-electron chi connectivity index (χ0n) is 24.1. The number of carbonyl (C=O) groups excluding carboxylic acids is 3. The molecule has 0 bridgehead atoms. The number of rotatable bonds is 11. The Morgan fingerprint density at radius 2 is 1.90 bits per heavy atom. The Morgan fingerprint density at radius 1 is 1.18 bits per heavy atom. The van der Waals surface area contributed by atoms with Gasteiger partial charge in [-0.05, 0) is 45.6 Å². The molecule has 3 aliphatic heterocycles. The first kappa shape index (κ1) is 31.2. The SMILES string of the molecule is CCC(=O)C[C@@H]1C[C@@]2(CO2)[C@H](O)[C@@H](/C=C/C(C)=C/C[C@@H]2O[C@H](C)[C@H](NC(=O)/C=C\[C@H](C)OC(C)=O)C[C@@H]2C)O1. The topological polar surface area (TPSA) is 124 Å². The maximum absolute atomic E-state index is 12.3. The molecule has 3 heterocycles. The number of carbonyl (C=O) groups is 3. The molecule has 0 aromatic rings. The van der Waals surface area contributed by atoms with E-state index in [1.54, 1.807) is 13.0 Å². The molecule has 2 N–H and O–H groups in total. The highest BCUT2D eigenvalue weighted by atomic mass is 16.6. The number of allylic oxidation sites excluding steroid dienone is 2. The van der Waals surface area contributed by atoms with Gasteiger partial charge in [0.2, 0.25) is 5.91 Å². The summed E-state index contributed by atoms with van der Waals surface area (Å²) in [5.41, 5.74) is 0.433. The third-order valence-electron chi connectivity index (χ3n) is 7.77. The zero-order valence-corrected chi connectivity index (χ0v) is 24.1. The smallest absolute Gasteiger partial charge is 0.303 e. The van der Waals surface area contributed by atoms with Crippen LogP contribution in [0.2, 0.25) is 0 Å². The standard InChI is InChI=1S/C30H45NO8/c1-7-23(33)15-24-16-30(17-36-30)29(35)27(39-24)12-9-18(2)8-11-26-19(3)14-25(21(5)38-26)31-28(34)13-10-20(4)37-22(6)32/h8-10,12-13,19-21,24-27,29,35H,7,11,14-17H2,1-6H3,(H,31,34)/b12-9+,13-10-,18-8+/t19-,20-,21+,24+,25+,26-,27+,29+,30+/m0/s1. The number of epoxide rings is 1. The molecule has 1 spiro atoms. The predicted molar refractivity (Wildman–Crippen MR) is 146 cm³/mol. The summed E-state index contributed by atoms with van der Waals surface area (Å²) < 4.78 is 22.9. The second-order valence-electron chi connectivity index (χ2n) is 11.2. The van der Waals surface area contributed by atoms with Gasteiger partial charge < -0.3 is 29.4 Å². The minimum Gasteiger partial charge on any atom is -0.459 e. The van der Waals surface area contributed by atoms with E-state index in [0.29, 0.717) is 25.9 Å². The van der Waals surface area contributed by atoms with Crippen molar-refractivity contribution >= 4 is 17.7 Å². The maximum atomic E-state index is 12.3. The summed E-state index contributed by atoms with van der Waals surface area (Å²) in [4.78, 5) is 35.3. The number of esters is 1. The van der Waals surface area contributed by atoms with Crippen LogP contribution in [0.4, 0.5) is 0 Å². The average Bonchev–Trinajstić information content (AvgIpc) is 3.64. The number of Topliss-reactive ketones (excluding diaryl/α,β-unsaturated/α-hetero) is 1. The Bertz CT molecular complexity index is 968. The summed E-state index contributed by atoms with van der Waals surface area (Å²) >= 11 is 0. The van der Waals surface area contributed by atoms with Gasteiger partial charge in [-0.15, -0.1) is 0 Å². The molecule has 0 aromatic heterocycles. The van der Waals surface area contributed by atoms with Crippen LogP contribution in [0.1, 0.15) is 73.6 Å². The number of aliphatic hydroxyl groups is 1. The zero-order chi connectivity index (χ0) is 28.7. The van der Waals surface area contributed by atoms with E-state index in [0.717, 1.165) is 18.4 Å². The first-order chi connectivity index (χ1) is 18.4. The molecule has 1 amide bonds. The third kappa shape index (κ3) is 9.10. The normalized spacial score (nSPS) is 35.8. The molecule has 3 saturated heterocycles. The van der Waals surface area contributed by atoms with Crippen LogP contribution in [0, 0.1) is 5.92 Å². The molecule has 39 heavy (non-hydrogen) atoms. The van der Waals surface area contributed by atoms with E-state index in [9.17, 15) is 19.5 Å². The van der Waals surface area contributed by atoms with Crippen molar-refractivity contribution in [1.29, 1.82) is 0 Å². The first-order valence-electron chi connectivity index (χ1n) is 14.1. The molecule has 9 atom stereocenters. The van der Waals surface area contributed by atoms with Gasteiger partial charge in [-0.1, -0.05) is 37.6 Å². The minimum absolute atomic E-state index is 0.0140. The molecule has 0 saturated carbocycles. The Labute approximate surface area is 232 Å². The van der Waals surface area contributed by atoms with E-state index in [1.807, 2.05) is 32.9 Å². The summed E-state index contributed by atoms with van der Waals surface area (Å²) in [6.45, 7) is 11.4. The molecule has 0 aromatic carbocycles. The average molecular weight is 548 g/mol. The summed E-state index contributed by atoms with van der Waals surface area (Å²) in [6, 6.07) is -0.114. The molecule has 3 aliphatic rings. The van der Waals surface area contributed by atoms with E-state index >= 15 is 0 Å². The van der Waals surface area contributed by atoms with Gasteiger partial charge in [0.05, 0.1) is 31.0 Å². The molecule has 9 heteroatoms. The molecular weight excluding hydrogens is 502 g/mol. The Balaban J connectivity index is 1.50. The second-order valence-corrected chi connectivity index (χ2v) is 11.2. The number of amides is 1. The molecule has 0 aliphatic carbocycles. The van der Waals surface area contributed by atoms with E-state index in [4.69, 9.17) is 18.9 Å². The van der Waals surface area contributed by atoms with Crippen LogP contribution < -0.4 is 5.32 Å². The van der Waals surface area contributed by atoms with Crippen LogP contribution in [0.5, 0.6) is 0 Å². The maximum Gasteiger partial charge on any atom is 0.303 e. The summed E-state index contributed by atoms with van der Waals surface area (Å²) in [6.07, 6.45) is 9.57. The number of hydrogen-bond acceptors (Lipinski definition) is 8. The number of ether oxygens (including phenoxy) is 4. The van der Waals surface area contributed by atoms with Crippen molar-refractivity contribution in [3.8, 4) is 0 Å². The van der Waals surface area contributed by atoms with Crippen molar-refractivity contribution in [1.82, 2.24) is 5.32 Å². The fraction of sp³-hybridized carbons (Fsp3) is 0.700. The van der Waals surface area contributed by atoms with E-state index < -0.39 is 29.9 Å². The highest BCUT2D eigenvalue weighted by Crippen LogP contribution is 2.43. The van der Waals surface area contributed by atoms with Crippen molar-refractivity contribution in [3.05, 3.63) is 36.0 Å². The Kier molecular flexibility index (Phi) is 11.1. The van der Waals surface area contributed by atoms with E-state index in [-0.39, 0.29) is 42.0 Å². The van der Waals surface area contributed by atoms with Crippen molar-refractivity contribution in [2.45, 2.75) is 122 Å². The number of aliphatic hydroxyl groups excluding tert-OH is 1. The van der Waals surface area contributed by atoms with Crippen LogP contribution in [0.15, 0.2) is 36.0 Å². The van der Waals surface area contributed by atoms with Gasteiger partial charge in [0, 0.05) is 32.3 Å². The monoisotopic (exact) mass is 547 g/mol. The largest absolute Gasteiger partial charge is 0.459 e. The van der Waals surface area contributed by atoms with E-state index in [1.165, 1.54) is 13.0 Å². The van der Waals surface area contributed by atoms with Gasteiger partial charge in [-0.25, -0.2) is 0 Å². The van der Waals surface area contributed by atoms with Crippen molar-refractivity contribution in [2.24, 2.45) is 5.92 Å². The lowest BCUT2D eigenvalue weighted by atomic mass is 9.86. The van der Waals surface area contributed by atoms with Crippen LogP contribution >= 0.6 is 0 Å². The van der Waals surface area contributed by atoms with E-state index in [2.05, 4.69) is 18.3 Å². The molecule has 9 nitrogen and oxygen atoms in total. The molecule has 3 rings (SSSR count). The lowest BCUT2D eigenvalue weighted by Gasteiger charge is -2.39. The predicted octanol–water partition coefficient (Wildman–Crippen LogP) is 3.34. The van der Waals surface area contributed by atoms with Gasteiger partial charge >= 0.3 is 5.97 Å². The van der Waals surface area contributed by atoms with Gasteiger partial charge in [0.1, 0.15) is 29.7 Å². The van der Waals surface area contributed by atoms with Crippen LogP contribution in [-0.2, 0) is 33.3 Å². The third-order valence-corrected chi connectivity index (χ3v) is 7.77. The molecular formula is C30H45NO8. The van der Waals surface area contributed by atoms with Crippen LogP contribution in [0.3, 0.4) is 0 Å². The summed E-state index contributed by atoms with van der Waals surface area (Å²) in [7, 11) is 0. The number of hydrogen-bond donors (Lipinski definition) is 2. The lowest BCUT2D eigenvalue weighted by molar-refractivity contribution is -0.144. The van der Waals surface area contributed by atoms with Crippen molar-refractivity contribution in [2.75, 3.05) is 6.61 Å². The lowest BCUT2D eigenvalue weighted by Crippen LogP contribution is -2.50. The molecule has 3 fully saturated rings. The first-order valence-corrected chi connectivity index (χ1v) is 14.1. The minimum atomic E-state index is -0.760. The van der Waals surface area contributed by atoms with Gasteiger partial charge in [0.15, 0.2) is 0 Å². The number of ketones is 1. The summed E-state index contributed by atoms with van der Waals surface area (Å²) in [5.74, 6) is -0.256. The van der Waals surface area contributed by atoms with Crippen molar-refractivity contribution < 1.29 is 38.4 Å². The number of nitrogens with one attached hydrogen (secondary N) is 1. The van der Waals surface area contributed by atoms with Crippen molar-refractivity contribution in [3.63, 3.8) is 0 Å². The van der Waals surface area contributed by atoms with Crippen LogP contribution in [0.25, 0.3) is 0 Å². The van der Waals surface area contributed by atoms with Gasteiger partial charge in [0.25, 0.3) is 0 Å². The Morgan fingerprint density at radius 3 is 2.54 bits per heavy atom. The quantitative estimate of drug-likeness (QED) is 0.175.